The Bertz CT molecular complexity index is 268. The normalized spacial score (nSPS) is 18.1. The van der Waals surface area contributed by atoms with Gasteiger partial charge in [0.05, 0.1) is 20.3 Å². The lowest BCUT2D eigenvalue weighted by Gasteiger charge is -2.28. The van der Waals surface area contributed by atoms with E-state index in [0.717, 1.165) is 25.9 Å². The zero-order valence-corrected chi connectivity index (χ0v) is 12.4. The van der Waals surface area contributed by atoms with Crippen LogP contribution in [0, 0.1) is 0 Å². The highest BCUT2D eigenvalue weighted by Gasteiger charge is 2.38. The Balaban J connectivity index is 2.19. The molecule has 1 rings (SSSR count). The lowest BCUT2D eigenvalue weighted by Crippen LogP contribution is -2.52. The lowest BCUT2D eigenvalue weighted by molar-refractivity contribution is -0.149. The summed E-state index contributed by atoms with van der Waals surface area (Å²) in [6.07, 6.45) is 3.91. The van der Waals surface area contributed by atoms with Crippen molar-refractivity contribution in [1.29, 1.82) is 0 Å². The molecule has 0 radical (unpaired) electrons. The van der Waals surface area contributed by atoms with Crippen molar-refractivity contribution in [3.8, 4) is 0 Å². The van der Waals surface area contributed by atoms with Crippen molar-refractivity contribution in [2.75, 3.05) is 33.5 Å². The molecule has 1 unspecified atom stereocenters. The molecule has 1 aliphatic carbocycles. The SMILES string of the molecule is CCCOCCOCCC(C)(NC1CC1)C(=O)OC. The maximum atomic E-state index is 11.8. The van der Waals surface area contributed by atoms with Gasteiger partial charge in [-0.1, -0.05) is 6.92 Å². The first-order valence-electron chi connectivity index (χ1n) is 7.14. The molecule has 5 heteroatoms. The fourth-order valence-corrected chi connectivity index (χ4v) is 1.88. The molecule has 1 aliphatic rings. The van der Waals surface area contributed by atoms with E-state index in [4.69, 9.17) is 14.2 Å². The van der Waals surface area contributed by atoms with Crippen LogP contribution >= 0.6 is 0 Å². The number of hydrogen-bond acceptors (Lipinski definition) is 5. The second-order valence-electron chi connectivity index (χ2n) is 5.22. The summed E-state index contributed by atoms with van der Waals surface area (Å²) in [7, 11) is 1.43. The minimum absolute atomic E-state index is 0.217. The molecule has 0 amide bonds. The third kappa shape index (κ3) is 6.36. The number of rotatable bonds is 11. The van der Waals surface area contributed by atoms with Crippen molar-refractivity contribution < 1.29 is 19.0 Å². The summed E-state index contributed by atoms with van der Waals surface area (Å²) >= 11 is 0. The van der Waals surface area contributed by atoms with Crippen molar-refractivity contribution >= 4 is 5.97 Å². The predicted octanol–water partition coefficient (Wildman–Crippen LogP) is 1.50. The van der Waals surface area contributed by atoms with E-state index < -0.39 is 5.54 Å². The Morgan fingerprint density at radius 3 is 2.37 bits per heavy atom. The van der Waals surface area contributed by atoms with E-state index >= 15 is 0 Å². The van der Waals surface area contributed by atoms with Crippen LogP contribution in [0.15, 0.2) is 0 Å². The van der Waals surface area contributed by atoms with Crippen LogP contribution in [0.3, 0.4) is 0 Å². The first kappa shape index (κ1) is 16.4. The zero-order chi connectivity index (χ0) is 14.1. The van der Waals surface area contributed by atoms with Crippen LogP contribution in [-0.2, 0) is 19.0 Å². The second kappa shape index (κ2) is 8.51. The summed E-state index contributed by atoms with van der Waals surface area (Å²) in [6, 6.07) is 0.456. The topological polar surface area (TPSA) is 56.8 Å². The molecule has 1 fully saturated rings. The molecule has 19 heavy (non-hydrogen) atoms. The quantitative estimate of drug-likeness (QED) is 0.457. The van der Waals surface area contributed by atoms with Gasteiger partial charge in [-0.25, -0.2) is 0 Å². The van der Waals surface area contributed by atoms with Crippen LogP contribution in [-0.4, -0.2) is 51.1 Å². The van der Waals surface area contributed by atoms with Crippen LogP contribution < -0.4 is 5.32 Å². The lowest BCUT2D eigenvalue weighted by atomic mass is 9.98. The van der Waals surface area contributed by atoms with E-state index in [0.29, 0.717) is 32.3 Å². The minimum Gasteiger partial charge on any atom is -0.468 e. The van der Waals surface area contributed by atoms with Crippen molar-refractivity contribution in [2.24, 2.45) is 0 Å². The molecule has 0 aromatic rings. The summed E-state index contributed by atoms with van der Waals surface area (Å²) in [6.45, 7) is 6.44. The fraction of sp³-hybridized carbons (Fsp3) is 0.929. The van der Waals surface area contributed by atoms with Crippen LogP contribution in [0.25, 0.3) is 0 Å². The van der Waals surface area contributed by atoms with Crippen LogP contribution in [0.2, 0.25) is 0 Å². The predicted molar refractivity (Wildman–Crippen MR) is 73.1 cm³/mol. The van der Waals surface area contributed by atoms with Gasteiger partial charge in [-0.3, -0.25) is 10.1 Å². The van der Waals surface area contributed by atoms with Crippen LogP contribution in [0.4, 0.5) is 0 Å². The highest BCUT2D eigenvalue weighted by Crippen LogP contribution is 2.24. The highest BCUT2D eigenvalue weighted by atomic mass is 16.5. The van der Waals surface area contributed by atoms with E-state index in [2.05, 4.69) is 12.2 Å². The minimum atomic E-state index is -0.639. The molecule has 0 bridgehead atoms. The Labute approximate surface area is 116 Å². The van der Waals surface area contributed by atoms with E-state index in [1.165, 1.54) is 7.11 Å². The highest BCUT2D eigenvalue weighted by molar-refractivity contribution is 5.80. The maximum absolute atomic E-state index is 11.8. The Morgan fingerprint density at radius 1 is 1.21 bits per heavy atom. The molecule has 0 aliphatic heterocycles. The number of ether oxygens (including phenoxy) is 3. The largest absolute Gasteiger partial charge is 0.468 e. The van der Waals surface area contributed by atoms with Gasteiger partial charge in [-0.2, -0.15) is 0 Å². The summed E-state index contributed by atoms with van der Waals surface area (Å²) in [4.78, 5) is 11.8. The zero-order valence-electron chi connectivity index (χ0n) is 12.4. The summed E-state index contributed by atoms with van der Waals surface area (Å²) in [5.74, 6) is -0.217. The summed E-state index contributed by atoms with van der Waals surface area (Å²) in [5.41, 5.74) is -0.639. The van der Waals surface area contributed by atoms with Crippen molar-refractivity contribution in [3.05, 3.63) is 0 Å². The third-order valence-corrected chi connectivity index (χ3v) is 3.20. The van der Waals surface area contributed by atoms with Gasteiger partial charge in [0, 0.05) is 19.3 Å². The molecule has 5 nitrogen and oxygen atoms in total. The molecular weight excluding hydrogens is 246 g/mol. The molecule has 0 aromatic carbocycles. The number of hydrogen-bond donors (Lipinski definition) is 1. The van der Waals surface area contributed by atoms with Gasteiger partial charge in [-0.05, 0) is 32.6 Å². The van der Waals surface area contributed by atoms with Gasteiger partial charge in [0.1, 0.15) is 5.54 Å². The number of carbonyl (C=O) groups excluding carboxylic acids is 1. The standard InChI is InChI=1S/C14H27NO4/c1-4-8-18-10-11-19-9-7-14(2,13(16)17-3)15-12-5-6-12/h12,15H,4-11H2,1-3H3. The molecule has 1 atom stereocenters. The smallest absolute Gasteiger partial charge is 0.325 e. The Kier molecular flexibility index (Phi) is 7.34. The first-order valence-corrected chi connectivity index (χ1v) is 7.14. The fourth-order valence-electron chi connectivity index (χ4n) is 1.88. The molecular formula is C14H27NO4. The molecule has 0 spiro atoms. The molecule has 0 aromatic heterocycles. The monoisotopic (exact) mass is 273 g/mol. The van der Waals surface area contributed by atoms with Gasteiger partial charge < -0.3 is 14.2 Å². The van der Waals surface area contributed by atoms with Gasteiger partial charge in [-0.15, -0.1) is 0 Å². The van der Waals surface area contributed by atoms with E-state index in [-0.39, 0.29) is 5.97 Å². The van der Waals surface area contributed by atoms with E-state index in [9.17, 15) is 4.79 Å². The van der Waals surface area contributed by atoms with Gasteiger partial charge >= 0.3 is 5.97 Å². The van der Waals surface area contributed by atoms with Crippen molar-refractivity contribution in [1.82, 2.24) is 5.32 Å². The molecule has 0 heterocycles. The summed E-state index contributed by atoms with van der Waals surface area (Å²) < 4.78 is 15.7. The van der Waals surface area contributed by atoms with Crippen molar-refractivity contribution in [3.63, 3.8) is 0 Å². The molecule has 112 valence electrons. The number of nitrogens with one attached hydrogen (secondary N) is 1. The van der Waals surface area contributed by atoms with Crippen LogP contribution in [0.1, 0.15) is 39.5 Å². The number of methoxy groups -OCH3 is 1. The summed E-state index contributed by atoms with van der Waals surface area (Å²) in [5, 5.41) is 3.34. The van der Waals surface area contributed by atoms with Crippen LogP contribution in [0.5, 0.6) is 0 Å². The van der Waals surface area contributed by atoms with E-state index in [1.807, 2.05) is 6.92 Å². The Hall–Kier alpha value is -0.650. The first-order chi connectivity index (χ1) is 9.12. The maximum Gasteiger partial charge on any atom is 0.325 e. The van der Waals surface area contributed by atoms with Gasteiger partial charge in [0.2, 0.25) is 0 Å². The molecule has 0 saturated heterocycles. The average molecular weight is 273 g/mol. The van der Waals surface area contributed by atoms with E-state index in [1.54, 1.807) is 0 Å². The van der Waals surface area contributed by atoms with Gasteiger partial charge in [0.15, 0.2) is 0 Å². The van der Waals surface area contributed by atoms with Gasteiger partial charge in [0.25, 0.3) is 0 Å². The number of esters is 1. The molecule has 1 saturated carbocycles. The third-order valence-electron chi connectivity index (χ3n) is 3.20. The van der Waals surface area contributed by atoms with Crippen molar-refractivity contribution in [2.45, 2.75) is 51.1 Å². The number of carbonyl (C=O) groups is 1. The second-order valence-corrected chi connectivity index (χ2v) is 5.22. The Morgan fingerprint density at radius 2 is 1.84 bits per heavy atom. The molecule has 1 N–H and O–H groups in total. The average Bonchev–Trinajstić information content (AvgIpc) is 3.20.